The van der Waals surface area contributed by atoms with Crippen LogP contribution in [0.3, 0.4) is 0 Å². The van der Waals surface area contributed by atoms with Crippen LogP contribution in [-0.2, 0) is 0 Å². The number of aromatic nitrogens is 2. The molecule has 0 bridgehead atoms. The summed E-state index contributed by atoms with van der Waals surface area (Å²) in [5, 5.41) is 38.1. The summed E-state index contributed by atoms with van der Waals surface area (Å²) in [6.45, 7) is 0. The third-order valence-corrected chi connectivity index (χ3v) is 3.28. The van der Waals surface area contributed by atoms with Gasteiger partial charge in [-0.1, -0.05) is 11.6 Å². The van der Waals surface area contributed by atoms with E-state index in [-0.39, 0.29) is 17.3 Å². The first kappa shape index (κ1) is 14.8. The van der Waals surface area contributed by atoms with Crippen molar-refractivity contribution in [2.75, 3.05) is 0 Å². The molecule has 0 atom stereocenters. The van der Waals surface area contributed by atoms with Crippen LogP contribution in [0.25, 0.3) is 22.9 Å². The minimum atomic E-state index is -0.824. The van der Waals surface area contributed by atoms with Crippen molar-refractivity contribution in [1.29, 1.82) is 0 Å². The summed E-state index contributed by atoms with van der Waals surface area (Å²) in [6, 6.07) is 8.79. The molecular weight excluding hydrogens is 326 g/mol. The van der Waals surface area contributed by atoms with Crippen LogP contribution in [0.2, 0.25) is 5.02 Å². The van der Waals surface area contributed by atoms with E-state index in [0.29, 0.717) is 10.6 Å². The van der Waals surface area contributed by atoms with Gasteiger partial charge in [0.1, 0.15) is 0 Å². The van der Waals surface area contributed by atoms with Crippen LogP contribution in [0.15, 0.2) is 40.8 Å². The fraction of sp³-hybridized carbons (Fsp3) is 0. The first-order valence-electron chi connectivity index (χ1n) is 6.26. The molecule has 0 unspecified atom stereocenters. The number of phenolic OH excluding ortho intramolecular Hbond substituents is 2. The Bertz CT molecular complexity index is 892. The van der Waals surface area contributed by atoms with Crippen molar-refractivity contribution in [1.82, 2.24) is 10.2 Å². The lowest BCUT2D eigenvalue weighted by atomic mass is 10.1. The Morgan fingerprint density at radius 2 is 1.65 bits per heavy atom. The number of phenols is 2. The van der Waals surface area contributed by atoms with E-state index in [1.54, 1.807) is 24.3 Å². The monoisotopic (exact) mass is 333 g/mol. The highest BCUT2D eigenvalue weighted by Gasteiger charge is 2.22. The van der Waals surface area contributed by atoms with Crippen molar-refractivity contribution >= 4 is 17.3 Å². The van der Waals surface area contributed by atoms with Gasteiger partial charge in [-0.2, -0.15) is 0 Å². The zero-order valence-corrected chi connectivity index (χ0v) is 12.1. The van der Waals surface area contributed by atoms with Crippen LogP contribution < -0.4 is 0 Å². The maximum Gasteiger partial charge on any atom is 0.315 e. The standard InChI is InChI=1S/C14H8ClN3O5/c15-9-3-1-7(2-4-9)13-16-17-14(23-13)8-5-10(18(21)22)12(20)11(19)6-8/h1-6,19-20H. The van der Waals surface area contributed by atoms with E-state index in [9.17, 15) is 20.3 Å². The summed E-state index contributed by atoms with van der Waals surface area (Å²) in [7, 11) is 0. The quantitative estimate of drug-likeness (QED) is 0.428. The first-order chi connectivity index (χ1) is 11.0. The van der Waals surface area contributed by atoms with Gasteiger partial charge in [0.05, 0.1) is 4.92 Å². The summed E-state index contributed by atoms with van der Waals surface area (Å²) in [5.41, 5.74) is 0.0663. The molecule has 8 nitrogen and oxygen atoms in total. The average molecular weight is 334 g/mol. The largest absolute Gasteiger partial charge is 0.504 e. The summed E-state index contributed by atoms with van der Waals surface area (Å²) in [5.74, 6) is -1.32. The number of nitro groups is 1. The van der Waals surface area contributed by atoms with Crippen molar-refractivity contribution < 1.29 is 19.6 Å². The highest BCUT2D eigenvalue weighted by atomic mass is 35.5. The molecule has 0 spiro atoms. The van der Waals surface area contributed by atoms with E-state index in [0.717, 1.165) is 12.1 Å². The second-order valence-electron chi connectivity index (χ2n) is 4.54. The van der Waals surface area contributed by atoms with Crippen LogP contribution in [-0.4, -0.2) is 25.3 Å². The van der Waals surface area contributed by atoms with E-state index in [1.165, 1.54) is 0 Å². The summed E-state index contributed by atoms with van der Waals surface area (Å²) in [6.07, 6.45) is 0. The van der Waals surface area contributed by atoms with Gasteiger partial charge in [-0.05, 0) is 30.3 Å². The van der Waals surface area contributed by atoms with Crippen LogP contribution in [0.4, 0.5) is 5.69 Å². The summed E-state index contributed by atoms with van der Waals surface area (Å²) in [4.78, 5) is 10.0. The highest BCUT2D eigenvalue weighted by Crippen LogP contribution is 2.39. The van der Waals surface area contributed by atoms with E-state index in [1.807, 2.05) is 0 Å². The lowest BCUT2D eigenvalue weighted by Gasteiger charge is -2.01. The fourth-order valence-corrected chi connectivity index (χ4v) is 2.04. The number of aromatic hydroxyl groups is 2. The number of halogens is 1. The third kappa shape index (κ3) is 2.79. The molecule has 116 valence electrons. The zero-order valence-electron chi connectivity index (χ0n) is 11.3. The molecule has 0 aliphatic rings. The van der Waals surface area contributed by atoms with E-state index in [4.69, 9.17) is 16.0 Å². The molecule has 0 aliphatic carbocycles. The number of nitrogens with zero attached hydrogens (tertiary/aromatic N) is 3. The Morgan fingerprint density at radius 3 is 2.26 bits per heavy atom. The molecular formula is C14H8ClN3O5. The maximum absolute atomic E-state index is 10.9. The average Bonchev–Trinajstić information content (AvgIpc) is 3.00. The van der Waals surface area contributed by atoms with Crippen molar-refractivity contribution in [3.05, 3.63) is 51.5 Å². The minimum absolute atomic E-state index is 0.0339. The van der Waals surface area contributed by atoms with Gasteiger partial charge < -0.3 is 14.6 Å². The Hall–Kier alpha value is -3.13. The van der Waals surface area contributed by atoms with Crippen molar-refractivity contribution in [2.24, 2.45) is 0 Å². The predicted molar refractivity (Wildman–Crippen MR) is 80.2 cm³/mol. The second-order valence-corrected chi connectivity index (χ2v) is 4.98. The normalized spacial score (nSPS) is 10.7. The van der Waals surface area contributed by atoms with Gasteiger partial charge in [-0.15, -0.1) is 10.2 Å². The first-order valence-corrected chi connectivity index (χ1v) is 6.63. The Labute approximate surface area is 133 Å². The van der Waals surface area contributed by atoms with Gasteiger partial charge in [0, 0.05) is 22.2 Å². The van der Waals surface area contributed by atoms with Crippen LogP contribution in [0, 0.1) is 10.1 Å². The summed E-state index contributed by atoms with van der Waals surface area (Å²) < 4.78 is 5.44. The molecule has 0 radical (unpaired) electrons. The Balaban J connectivity index is 2.03. The molecule has 0 amide bonds. The third-order valence-electron chi connectivity index (χ3n) is 3.03. The topological polar surface area (TPSA) is 123 Å². The molecule has 2 N–H and O–H groups in total. The molecule has 0 aliphatic heterocycles. The molecule has 23 heavy (non-hydrogen) atoms. The predicted octanol–water partition coefficient (Wildman–Crippen LogP) is 3.38. The van der Waals surface area contributed by atoms with Gasteiger partial charge in [-0.25, -0.2) is 0 Å². The highest BCUT2D eigenvalue weighted by molar-refractivity contribution is 6.30. The summed E-state index contributed by atoms with van der Waals surface area (Å²) >= 11 is 5.80. The Kier molecular flexibility index (Phi) is 3.59. The number of nitro benzene ring substituents is 1. The smallest absolute Gasteiger partial charge is 0.315 e. The molecule has 0 saturated heterocycles. The van der Waals surface area contributed by atoms with Crippen LogP contribution in [0.5, 0.6) is 11.5 Å². The van der Waals surface area contributed by atoms with E-state index < -0.39 is 22.1 Å². The maximum atomic E-state index is 10.9. The number of benzene rings is 2. The molecule has 1 aromatic heterocycles. The number of rotatable bonds is 3. The second kappa shape index (κ2) is 5.58. The molecule has 1 heterocycles. The van der Waals surface area contributed by atoms with Gasteiger partial charge in [-0.3, -0.25) is 10.1 Å². The lowest BCUT2D eigenvalue weighted by molar-refractivity contribution is -0.385. The zero-order chi connectivity index (χ0) is 16.6. The molecule has 3 rings (SSSR count). The van der Waals surface area contributed by atoms with Crippen molar-refractivity contribution in [2.45, 2.75) is 0 Å². The van der Waals surface area contributed by atoms with Crippen LogP contribution in [0.1, 0.15) is 0 Å². The Morgan fingerprint density at radius 1 is 1.04 bits per heavy atom. The molecule has 9 heteroatoms. The van der Waals surface area contributed by atoms with Crippen molar-refractivity contribution in [3.8, 4) is 34.4 Å². The molecule has 0 saturated carbocycles. The van der Waals surface area contributed by atoms with Gasteiger partial charge in [0.15, 0.2) is 5.75 Å². The van der Waals surface area contributed by atoms with Crippen molar-refractivity contribution in [3.63, 3.8) is 0 Å². The van der Waals surface area contributed by atoms with E-state index in [2.05, 4.69) is 10.2 Å². The minimum Gasteiger partial charge on any atom is -0.504 e. The molecule has 3 aromatic rings. The van der Waals surface area contributed by atoms with Gasteiger partial charge in [0.2, 0.25) is 17.5 Å². The fourth-order valence-electron chi connectivity index (χ4n) is 1.92. The number of hydrogen-bond acceptors (Lipinski definition) is 7. The SMILES string of the molecule is O=[N+]([O-])c1cc(-c2nnc(-c3ccc(Cl)cc3)o2)cc(O)c1O. The van der Waals surface area contributed by atoms with Crippen LogP contribution >= 0.6 is 11.6 Å². The molecule has 0 fully saturated rings. The molecule has 2 aromatic carbocycles. The van der Waals surface area contributed by atoms with E-state index >= 15 is 0 Å². The number of hydrogen-bond donors (Lipinski definition) is 2. The van der Waals surface area contributed by atoms with Gasteiger partial charge in [0.25, 0.3) is 0 Å². The van der Waals surface area contributed by atoms with Gasteiger partial charge >= 0.3 is 5.69 Å². The lowest BCUT2D eigenvalue weighted by Crippen LogP contribution is -1.90.